The summed E-state index contributed by atoms with van der Waals surface area (Å²) in [6.07, 6.45) is 5.49. The average molecular weight is 342 g/mol. The highest BCUT2D eigenvalue weighted by Crippen LogP contribution is 2.36. The SMILES string of the molecule is CC[C@@H]1[C@@H](C=C[C@H](CCc2scc(C)c2F)OC)[C@H](O)C[C@@H]1O. The number of rotatable bonds is 7. The van der Waals surface area contributed by atoms with Crippen molar-refractivity contribution in [3.8, 4) is 0 Å². The van der Waals surface area contributed by atoms with Gasteiger partial charge in [0.15, 0.2) is 0 Å². The Balaban J connectivity index is 1.94. The Morgan fingerprint density at radius 2 is 2.17 bits per heavy atom. The maximum absolute atomic E-state index is 13.8. The van der Waals surface area contributed by atoms with Crippen LogP contribution in [-0.2, 0) is 11.2 Å². The monoisotopic (exact) mass is 342 g/mol. The van der Waals surface area contributed by atoms with Gasteiger partial charge in [-0.05, 0) is 36.6 Å². The fourth-order valence-corrected chi connectivity index (χ4v) is 4.33. The van der Waals surface area contributed by atoms with Crippen LogP contribution in [0, 0.1) is 24.6 Å². The third-order valence-electron chi connectivity index (χ3n) is 4.86. The third kappa shape index (κ3) is 4.41. The van der Waals surface area contributed by atoms with Crippen LogP contribution in [0.4, 0.5) is 4.39 Å². The molecule has 2 N–H and O–H groups in total. The lowest BCUT2D eigenvalue weighted by molar-refractivity contribution is 0.118. The second-order valence-corrected chi connectivity index (χ2v) is 7.34. The predicted molar refractivity (Wildman–Crippen MR) is 91.2 cm³/mol. The molecule has 1 saturated carbocycles. The van der Waals surface area contributed by atoms with Gasteiger partial charge in [-0.3, -0.25) is 0 Å². The standard InChI is InChI=1S/C18H27FO3S/c1-4-13-14(16(21)9-15(13)20)7-5-12(22-3)6-8-17-18(19)11(2)10-23-17/h5,7,10,12-16,20-21H,4,6,8-9H2,1-3H3/t12-,13-,14-,15+,16-/m1/s1. The summed E-state index contributed by atoms with van der Waals surface area (Å²) in [5.41, 5.74) is 0.698. The highest BCUT2D eigenvalue weighted by atomic mass is 32.1. The highest BCUT2D eigenvalue weighted by molar-refractivity contribution is 7.10. The van der Waals surface area contributed by atoms with Gasteiger partial charge < -0.3 is 14.9 Å². The Hall–Kier alpha value is -0.750. The Labute approximate surface area is 141 Å². The van der Waals surface area contributed by atoms with Crippen molar-refractivity contribution in [2.75, 3.05) is 7.11 Å². The van der Waals surface area contributed by atoms with E-state index >= 15 is 0 Å². The van der Waals surface area contributed by atoms with Crippen LogP contribution in [0.2, 0.25) is 0 Å². The van der Waals surface area contributed by atoms with Crippen LogP contribution in [-0.4, -0.2) is 35.6 Å². The first-order valence-electron chi connectivity index (χ1n) is 8.27. The van der Waals surface area contributed by atoms with Crippen molar-refractivity contribution in [3.05, 3.63) is 33.8 Å². The number of aliphatic hydroxyl groups is 2. The van der Waals surface area contributed by atoms with Gasteiger partial charge in [0, 0.05) is 24.3 Å². The molecule has 0 aromatic carbocycles. The molecule has 1 fully saturated rings. The van der Waals surface area contributed by atoms with E-state index in [0.29, 0.717) is 24.8 Å². The molecule has 1 aliphatic carbocycles. The fraction of sp³-hybridized carbons (Fsp3) is 0.667. The van der Waals surface area contributed by atoms with Crippen molar-refractivity contribution < 1.29 is 19.3 Å². The average Bonchev–Trinajstić information content (AvgIpc) is 2.99. The molecule has 5 heteroatoms. The molecule has 0 amide bonds. The third-order valence-corrected chi connectivity index (χ3v) is 6.00. The van der Waals surface area contributed by atoms with E-state index < -0.39 is 12.2 Å². The number of aliphatic hydroxyl groups excluding tert-OH is 2. The van der Waals surface area contributed by atoms with Gasteiger partial charge in [-0.15, -0.1) is 11.3 Å². The summed E-state index contributed by atoms with van der Waals surface area (Å²) in [6, 6.07) is 0. The Morgan fingerprint density at radius 3 is 2.74 bits per heavy atom. The molecule has 1 aromatic heterocycles. The number of hydrogen-bond donors (Lipinski definition) is 2. The minimum Gasteiger partial charge on any atom is -0.393 e. The maximum Gasteiger partial charge on any atom is 0.139 e. The quantitative estimate of drug-likeness (QED) is 0.746. The zero-order chi connectivity index (χ0) is 17.0. The zero-order valence-corrected chi connectivity index (χ0v) is 14.9. The van der Waals surface area contributed by atoms with Gasteiger partial charge in [-0.2, -0.15) is 0 Å². The molecule has 0 saturated heterocycles. The molecule has 0 radical (unpaired) electrons. The molecule has 23 heavy (non-hydrogen) atoms. The molecule has 0 unspecified atom stereocenters. The van der Waals surface area contributed by atoms with Crippen molar-refractivity contribution in [1.82, 2.24) is 0 Å². The van der Waals surface area contributed by atoms with Gasteiger partial charge in [0.25, 0.3) is 0 Å². The topological polar surface area (TPSA) is 49.7 Å². The first-order chi connectivity index (χ1) is 11.0. The smallest absolute Gasteiger partial charge is 0.139 e. The summed E-state index contributed by atoms with van der Waals surface area (Å²) < 4.78 is 19.3. The molecule has 2 rings (SSSR count). The van der Waals surface area contributed by atoms with Gasteiger partial charge in [0.2, 0.25) is 0 Å². The second-order valence-electron chi connectivity index (χ2n) is 6.37. The minimum absolute atomic E-state index is 0.0339. The molecule has 1 aliphatic rings. The summed E-state index contributed by atoms with van der Waals surface area (Å²) in [7, 11) is 1.64. The molecule has 1 heterocycles. The zero-order valence-electron chi connectivity index (χ0n) is 14.0. The maximum atomic E-state index is 13.8. The Kier molecular flexibility index (Phi) is 6.77. The van der Waals surface area contributed by atoms with E-state index in [-0.39, 0.29) is 23.8 Å². The van der Waals surface area contributed by atoms with Crippen molar-refractivity contribution >= 4 is 11.3 Å². The Morgan fingerprint density at radius 1 is 1.43 bits per heavy atom. The second kappa shape index (κ2) is 8.38. The van der Waals surface area contributed by atoms with Gasteiger partial charge in [0.1, 0.15) is 5.82 Å². The van der Waals surface area contributed by atoms with Crippen LogP contribution < -0.4 is 0 Å². The van der Waals surface area contributed by atoms with E-state index in [0.717, 1.165) is 11.3 Å². The van der Waals surface area contributed by atoms with E-state index in [9.17, 15) is 14.6 Å². The number of thiophene rings is 1. The van der Waals surface area contributed by atoms with E-state index in [1.807, 2.05) is 24.5 Å². The van der Waals surface area contributed by atoms with Crippen molar-refractivity contribution in [2.45, 2.75) is 57.8 Å². The van der Waals surface area contributed by atoms with Crippen LogP contribution in [0.3, 0.4) is 0 Å². The minimum atomic E-state index is -0.499. The summed E-state index contributed by atoms with van der Waals surface area (Å²) >= 11 is 1.45. The molecule has 1 aromatic rings. The number of ether oxygens (including phenoxy) is 1. The van der Waals surface area contributed by atoms with E-state index in [4.69, 9.17) is 4.74 Å². The van der Waals surface area contributed by atoms with Crippen LogP contribution in [0.25, 0.3) is 0 Å². The van der Waals surface area contributed by atoms with Gasteiger partial charge in [-0.25, -0.2) is 4.39 Å². The molecule has 0 spiro atoms. The molecule has 130 valence electrons. The van der Waals surface area contributed by atoms with Crippen LogP contribution in [0.1, 0.15) is 36.6 Å². The van der Waals surface area contributed by atoms with Crippen molar-refractivity contribution in [2.24, 2.45) is 11.8 Å². The molecular weight excluding hydrogens is 315 g/mol. The largest absolute Gasteiger partial charge is 0.393 e. The molecular formula is C18H27FO3S. The molecule has 0 aliphatic heterocycles. The number of aryl methyl sites for hydroxylation is 2. The fourth-order valence-electron chi connectivity index (χ4n) is 3.41. The molecule has 5 atom stereocenters. The van der Waals surface area contributed by atoms with Crippen molar-refractivity contribution in [1.29, 1.82) is 0 Å². The van der Waals surface area contributed by atoms with E-state index in [2.05, 4.69) is 0 Å². The summed E-state index contributed by atoms with van der Waals surface area (Å²) in [5, 5.41) is 21.9. The van der Waals surface area contributed by atoms with Gasteiger partial charge >= 0.3 is 0 Å². The predicted octanol–water partition coefficient (Wildman–Crippen LogP) is 3.47. The molecule has 0 bridgehead atoms. The van der Waals surface area contributed by atoms with Gasteiger partial charge in [0.05, 0.1) is 18.3 Å². The van der Waals surface area contributed by atoms with Crippen LogP contribution in [0.5, 0.6) is 0 Å². The summed E-state index contributed by atoms with van der Waals surface area (Å²) in [4.78, 5) is 0.765. The highest BCUT2D eigenvalue weighted by Gasteiger charge is 2.38. The first kappa shape index (κ1) is 18.6. The van der Waals surface area contributed by atoms with E-state index in [1.165, 1.54) is 11.3 Å². The van der Waals surface area contributed by atoms with Crippen LogP contribution >= 0.6 is 11.3 Å². The summed E-state index contributed by atoms with van der Waals surface area (Å²) in [6.45, 7) is 3.81. The lowest BCUT2D eigenvalue weighted by Gasteiger charge is -2.19. The lowest BCUT2D eigenvalue weighted by atomic mass is 9.90. The number of methoxy groups -OCH3 is 1. The van der Waals surface area contributed by atoms with E-state index in [1.54, 1.807) is 14.0 Å². The van der Waals surface area contributed by atoms with Crippen molar-refractivity contribution in [3.63, 3.8) is 0 Å². The normalized spacial score (nSPS) is 29.5. The first-order valence-corrected chi connectivity index (χ1v) is 9.15. The van der Waals surface area contributed by atoms with Crippen LogP contribution in [0.15, 0.2) is 17.5 Å². The summed E-state index contributed by atoms with van der Waals surface area (Å²) in [5.74, 6) is -0.0428. The molecule has 3 nitrogen and oxygen atoms in total. The number of hydrogen-bond acceptors (Lipinski definition) is 4. The lowest BCUT2D eigenvalue weighted by Crippen LogP contribution is -2.20. The van der Waals surface area contributed by atoms with Gasteiger partial charge in [-0.1, -0.05) is 25.5 Å². The number of halogens is 1. The Bertz CT molecular complexity index is 528.